The lowest BCUT2D eigenvalue weighted by Gasteiger charge is -2.32. The van der Waals surface area contributed by atoms with Crippen LogP contribution in [0.5, 0.6) is 0 Å². The Kier molecular flexibility index (Phi) is 4.67. The molecule has 1 aliphatic heterocycles. The van der Waals surface area contributed by atoms with E-state index in [9.17, 15) is 0 Å². The van der Waals surface area contributed by atoms with Crippen molar-refractivity contribution in [3.63, 3.8) is 0 Å². The van der Waals surface area contributed by atoms with E-state index >= 15 is 0 Å². The van der Waals surface area contributed by atoms with Crippen molar-refractivity contribution in [1.82, 2.24) is 19.5 Å². The van der Waals surface area contributed by atoms with Gasteiger partial charge in [-0.25, -0.2) is 15.0 Å². The van der Waals surface area contributed by atoms with Gasteiger partial charge in [-0.2, -0.15) is 0 Å². The second kappa shape index (κ2) is 7.09. The summed E-state index contributed by atoms with van der Waals surface area (Å²) in [5.41, 5.74) is 0. The molecule has 1 aliphatic rings. The Morgan fingerprint density at radius 3 is 3.12 bits per heavy atom. The fourth-order valence-electron chi connectivity index (χ4n) is 3.37. The summed E-state index contributed by atoms with van der Waals surface area (Å²) in [5.74, 6) is 2.78. The largest absolute Gasteiger partial charge is 0.368 e. The molecular formula is C18H23N5OS. The lowest BCUT2D eigenvalue weighted by molar-refractivity contribution is -0.00175. The fraction of sp³-hybridized carbons (Fsp3) is 0.500. The van der Waals surface area contributed by atoms with Crippen LogP contribution < -0.4 is 5.32 Å². The highest BCUT2D eigenvalue weighted by molar-refractivity contribution is 7.16. The van der Waals surface area contributed by atoms with Crippen LogP contribution in [-0.4, -0.2) is 32.2 Å². The molecule has 3 aromatic heterocycles. The first-order valence-electron chi connectivity index (χ1n) is 8.93. The maximum absolute atomic E-state index is 6.11. The number of aromatic nitrogens is 4. The summed E-state index contributed by atoms with van der Waals surface area (Å²) in [6.07, 6.45) is 6.72. The van der Waals surface area contributed by atoms with Crippen molar-refractivity contribution in [2.75, 3.05) is 11.9 Å². The zero-order valence-electron chi connectivity index (χ0n) is 14.6. The van der Waals surface area contributed by atoms with Crippen LogP contribution in [0.1, 0.15) is 44.4 Å². The number of nitrogens with one attached hydrogen (secondary N) is 1. The molecule has 2 atom stereocenters. The molecule has 6 nitrogen and oxygen atoms in total. The maximum Gasteiger partial charge on any atom is 0.140 e. The molecule has 3 aromatic rings. The standard InChI is InChI=1S/C18H23N5OS/c1-3-14-21-16(12-7-11-25-18(12)22-14)20-13-6-5-10-24-15(13)17-19-8-9-23(17)4-2/h7-9,11,13,15H,3-6,10H2,1-2H3,(H,20,21,22)/t13-,15-/m0/s1. The summed E-state index contributed by atoms with van der Waals surface area (Å²) < 4.78 is 8.27. The first-order chi connectivity index (χ1) is 12.3. The van der Waals surface area contributed by atoms with Gasteiger partial charge in [0, 0.05) is 32.0 Å². The molecule has 1 fully saturated rings. The molecule has 0 aromatic carbocycles. The summed E-state index contributed by atoms with van der Waals surface area (Å²) in [5, 5.41) is 6.81. The molecule has 1 N–H and O–H groups in total. The first kappa shape index (κ1) is 16.5. The summed E-state index contributed by atoms with van der Waals surface area (Å²) >= 11 is 1.66. The summed E-state index contributed by atoms with van der Waals surface area (Å²) in [6.45, 7) is 5.88. The SMILES string of the molecule is CCc1nc(N[C@H]2CCCO[C@@H]2c2nccn2CC)c2ccsc2n1. The van der Waals surface area contributed by atoms with Crippen molar-refractivity contribution in [2.24, 2.45) is 0 Å². The van der Waals surface area contributed by atoms with Gasteiger partial charge in [-0.1, -0.05) is 6.92 Å². The van der Waals surface area contributed by atoms with E-state index in [4.69, 9.17) is 9.72 Å². The smallest absolute Gasteiger partial charge is 0.140 e. The monoisotopic (exact) mass is 357 g/mol. The number of ether oxygens (including phenoxy) is 1. The Morgan fingerprint density at radius 2 is 2.28 bits per heavy atom. The molecule has 0 aliphatic carbocycles. The first-order valence-corrected chi connectivity index (χ1v) is 9.81. The van der Waals surface area contributed by atoms with Gasteiger partial charge < -0.3 is 14.6 Å². The van der Waals surface area contributed by atoms with E-state index in [2.05, 4.69) is 45.1 Å². The van der Waals surface area contributed by atoms with E-state index in [0.717, 1.165) is 60.1 Å². The zero-order valence-corrected chi connectivity index (χ0v) is 15.4. The second-order valence-corrected chi connectivity index (χ2v) is 7.13. The molecule has 0 unspecified atom stereocenters. The second-order valence-electron chi connectivity index (χ2n) is 6.24. The van der Waals surface area contributed by atoms with E-state index in [1.807, 2.05) is 12.4 Å². The van der Waals surface area contributed by atoms with Gasteiger partial charge in [0.15, 0.2) is 0 Å². The molecule has 1 saturated heterocycles. The van der Waals surface area contributed by atoms with Gasteiger partial charge in [0.2, 0.25) is 0 Å². The van der Waals surface area contributed by atoms with Crippen LogP contribution >= 0.6 is 11.3 Å². The maximum atomic E-state index is 6.11. The van der Waals surface area contributed by atoms with E-state index in [0.29, 0.717) is 0 Å². The lowest BCUT2D eigenvalue weighted by Crippen LogP contribution is -2.35. The molecule has 7 heteroatoms. The molecule has 0 bridgehead atoms. The summed E-state index contributed by atoms with van der Waals surface area (Å²) in [7, 11) is 0. The Balaban J connectivity index is 1.67. The number of imidazole rings is 1. The quantitative estimate of drug-likeness (QED) is 0.752. The van der Waals surface area contributed by atoms with Crippen LogP contribution in [0.25, 0.3) is 10.2 Å². The van der Waals surface area contributed by atoms with Crippen LogP contribution in [0, 0.1) is 0 Å². The Morgan fingerprint density at radius 1 is 1.36 bits per heavy atom. The van der Waals surface area contributed by atoms with Crippen LogP contribution in [-0.2, 0) is 17.7 Å². The number of rotatable bonds is 5. The average Bonchev–Trinajstić information content (AvgIpc) is 3.31. The minimum atomic E-state index is -0.0579. The Labute approximate surface area is 151 Å². The molecule has 4 heterocycles. The topological polar surface area (TPSA) is 64.9 Å². The van der Waals surface area contributed by atoms with Crippen molar-refractivity contribution >= 4 is 27.4 Å². The van der Waals surface area contributed by atoms with Crippen LogP contribution in [0.15, 0.2) is 23.8 Å². The van der Waals surface area contributed by atoms with E-state index in [-0.39, 0.29) is 12.1 Å². The molecule has 25 heavy (non-hydrogen) atoms. The van der Waals surface area contributed by atoms with Gasteiger partial charge in [0.1, 0.15) is 28.4 Å². The molecule has 0 saturated carbocycles. The third-order valence-corrected chi connectivity index (χ3v) is 5.48. The molecule has 0 amide bonds. The van der Waals surface area contributed by atoms with E-state index in [1.54, 1.807) is 11.3 Å². The highest BCUT2D eigenvalue weighted by atomic mass is 32.1. The fourth-order valence-corrected chi connectivity index (χ4v) is 4.15. The highest BCUT2D eigenvalue weighted by Gasteiger charge is 2.31. The zero-order chi connectivity index (χ0) is 17.2. The number of aryl methyl sites for hydroxylation is 2. The van der Waals surface area contributed by atoms with E-state index in [1.165, 1.54) is 0 Å². The van der Waals surface area contributed by atoms with Crippen LogP contribution in [0.3, 0.4) is 0 Å². The van der Waals surface area contributed by atoms with Crippen molar-refractivity contribution in [3.05, 3.63) is 35.5 Å². The van der Waals surface area contributed by atoms with Gasteiger partial charge >= 0.3 is 0 Å². The van der Waals surface area contributed by atoms with Crippen molar-refractivity contribution in [1.29, 1.82) is 0 Å². The van der Waals surface area contributed by atoms with Crippen molar-refractivity contribution in [3.8, 4) is 0 Å². The number of thiophene rings is 1. The molecule has 0 radical (unpaired) electrons. The molecule has 132 valence electrons. The Bertz CT molecular complexity index is 858. The number of nitrogens with zero attached hydrogens (tertiary/aromatic N) is 4. The summed E-state index contributed by atoms with van der Waals surface area (Å²) in [6, 6.07) is 2.25. The number of fused-ring (bicyclic) bond motifs is 1. The van der Waals surface area contributed by atoms with Gasteiger partial charge in [0.05, 0.1) is 11.4 Å². The van der Waals surface area contributed by atoms with Crippen molar-refractivity contribution in [2.45, 2.75) is 51.8 Å². The third-order valence-electron chi connectivity index (χ3n) is 4.67. The lowest BCUT2D eigenvalue weighted by atomic mass is 10.0. The van der Waals surface area contributed by atoms with Crippen LogP contribution in [0.4, 0.5) is 5.82 Å². The van der Waals surface area contributed by atoms with Crippen molar-refractivity contribution < 1.29 is 4.74 Å². The minimum absolute atomic E-state index is 0.0579. The number of hydrogen-bond donors (Lipinski definition) is 1. The predicted molar refractivity (Wildman–Crippen MR) is 100 cm³/mol. The molecule has 0 spiro atoms. The number of anilines is 1. The molecular weight excluding hydrogens is 334 g/mol. The highest BCUT2D eigenvalue weighted by Crippen LogP contribution is 2.32. The summed E-state index contributed by atoms with van der Waals surface area (Å²) in [4.78, 5) is 15.0. The van der Waals surface area contributed by atoms with Gasteiger partial charge in [-0.3, -0.25) is 0 Å². The van der Waals surface area contributed by atoms with E-state index < -0.39 is 0 Å². The molecule has 4 rings (SSSR count). The average molecular weight is 357 g/mol. The Hall–Kier alpha value is -1.99. The van der Waals surface area contributed by atoms with Gasteiger partial charge in [0.25, 0.3) is 0 Å². The predicted octanol–water partition coefficient (Wildman–Crippen LogP) is 3.80. The normalized spacial score (nSPS) is 20.9. The van der Waals surface area contributed by atoms with Gasteiger partial charge in [-0.15, -0.1) is 11.3 Å². The van der Waals surface area contributed by atoms with Crippen LogP contribution in [0.2, 0.25) is 0 Å². The minimum Gasteiger partial charge on any atom is -0.368 e. The van der Waals surface area contributed by atoms with Gasteiger partial charge in [-0.05, 0) is 31.2 Å². The third kappa shape index (κ3) is 3.14. The number of hydrogen-bond acceptors (Lipinski definition) is 6.